The Morgan fingerprint density at radius 2 is 1.97 bits per heavy atom. The zero-order chi connectivity index (χ0) is 21.6. The predicted molar refractivity (Wildman–Crippen MR) is 116 cm³/mol. The van der Waals surface area contributed by atoms with E-state index in [1.807, 2.05) is 20.8 Å². The van der Waals surface area contributed by atoms with Gasteiger partial charge in [-0.15, -0.1) is 15.3 Å². The number of hydrogen-bond donors (Lipinski definition) is 1. The number of nitrogens with one attached hydrogen (secondary N) is 1. The minimum absolute atomic E-state index is 0.229. The van der Waals surface area contributed by atoms with Crippen LogP contribution in [0.1, 0.15) is 51.4 Å². The number of amides is 1. The Labute approximate surface area is 183 Å². The van der Waals surface area contributed by atoms with Crippen LogP contribution in [-0.4, -0.2) is 38.1 Å². The molecule has 1 N–H and O–H groups in total. The summed E-state index contributed by atoms with van der Waals surface area (Å²) in [6.07, 6.45) is 3.17. The summed E-state index contributed by atoms with van der Waals surface area (Å²) in [6, 6.07) is 6.50. The molecule has 0 aliphatic rings. The first-order valence-corrected chi connectivity index (χ1v) is 11.7. The van der Waals surface area contributed by atoms with Crippen LogP contribution in [-0.2, 0) is 16.9 Å². The van der Waals surface area contributed by atoms with Crippen LogP contribution in [0.15, 0.2) is 28.6 Å². The van der Waals surface area contributed by atoms with E-state index in [1.165, 1.54) is 23.5 Å². The van der Waals surface area contributed by atoms with E-state index < -0.39 is 5.60 Å². The summed E-state index contributed by atoms with van der Waals surface area (Å²) in [6.45, 7) is 6.12. The lowest BCUT2D eigenvalue weighted by Gasteiger charge is -2.19. The highest BCUT2D eigenvalue weighted by Gasteiger charge is 2.15. The zero-order valence-corrected chi connectivity index (χ0v) is 19.0. The maximum Gasteiger partial charge on any atom is 0.407 e. The fourth-order valence-electron chi connectivity index (χ4n) is 2.67. The molecule has 0 atom stereocenters. The fourth-order valence-corrected chi connectivity index (χ4v) is 4.52. The minimum atomic E-state index is -0.479. The van der Waals surface area contributed by atoms with Gasteiger partial charge in [0.1, 0.15) is 11.4 Å². The van der Waals surface area contributed by atoms with E-state index in [9.17, 15) is 9.18 Å². The predicted octanol–water partition coefficient (Wildman–Crippen LogP) is 4.85. The minimum Gasteiger partial charge on any atom is -0.444 e. The van der Waals surface area contributed by atoms with Crippen LogP contribution >= 0.6 is 23.1 Å². The van der Waals surface area contributed by atoms with E-state index in [1.54, 1.807) is 28.4 Å². The summed E-state index contributed by atoms with van der Waals surface area (Å²) in [7, 11) is 0. The Morgan fingerprint density at radius 1 is 1.20 bits per heavy atom. The summed E-state index contributed by atoms with van der Waals surface area (Å²) in [5, 5.41) is 15.8. The maximum absolute atomic E-state index is 13.0. The molecule has 1 aromatic carbocycles. The Balaban J connectivity index is 1.40. The number of carbonyl (C=O) groups excluding carboxylic acids is 1. The highest BCUT2D eigenvalue weighted by Crippen LogP contribution is 2.27. The molecule has 3 aromatic rings. The number of hydrogen-bond acceptors (Lipinski definition) is 7. The Hall–Kier alpha value is -2.20. The standard InChI is InChI=1S/C20H26FN5O2S2/c1-20(2,3)28-18(27)22-12-6-4-5-7-16-23-24-17-26(16)25-19(30-17)29-13-14-8-10-15(21)11-9-14/h8-11H,4-7,12-13H2,1-3H3,(H,22,27). The zero-order valence-electron chi connectivity index (χ0n) is 17.4. The van der Waals surface area contributed by atoms with E-state index in [4.69, 9.17) is 4.74 Å². The molecule has 0 unspecified atom stereocenters. The highest BCUT2D eigenvalue weighted by molar-refractivity contribution is 8.00. The first kappa shape index (κ1) is 22.5. The van der Waals surface area contributed by atoms with Gasteiger partial charge in [0.15, 0.2) is 10.2 Å². The van der Waals surface area contributed by atoms with Gasteiger partial charge in [-0.2, -0.15) is 4.52 Å². The number of thioether (sulfide) groups is 1. The molecule has 0 fully saturated rings. The topological polar surface area (TPSA) is 81.4 Å². The van der Waals surface area contributed by atoms with Crippen molar-refractivity contribution in [3.8, 4) is 0 Å². The quantitative estimate of drug-likeness (QED) is 0.370. The molecular weight excluding hydrogens is 425 g/mol. The monoisotopic (exact) mass is 451 g/mol. The van der Waals surface area contributed by atoms with Crippen molar-refractivity contribution in [1.29, 1.82) is 0 Å². The van der Waals surface area contributed by atoms with Gasteiger partial charge < -0.3 is 10.1 Å². The molecule has 162 valence electrons. The van der Waals surface area contributed by atoms with Gasteiger partial charge in [-0.1, -0.05) is 41.7 Å². The van der Waals surface area contributed by atoms with Crippen LogP contribution in [0.25, 0.3) is 4.96 Å². The largest absolute Gasteiger partial charge is 0.444 e. The van der Waals surface area contributed by atoms with Crippen molar-refractivity contribution in [3.05, 3.63) is 41.5 Å². The molecule has 1 amide bonds. The second-order valence-corrected chi connectivity index (χ2v) is 10.0. The fraction of sp³-hybridized carbons (Fsp3) is 0.500. The summed E-state index contributed by atoms with van der Waals surface area (Å²) in [4.78, 5) is 12.4. The number of aryl methyl sites for hydroxylation is 1. The maximum atomic E-state index is 13.0. The number of unbranched alkanes of at least 4 members (excludes halogenated alkanes) is 2. The second-order valence-electron chi connectivity index (χ2n) is 7.83. The third kappa shape index (κ3) is 6.94. The molecule has 7 nitrogen and oxygen atoms in total. The van der Waals surface area contributed by atoms with E-state index in [2.05, 4.69) is 20.6 Å². The normalized spacial score (nSPS) is 11.7. The molecule has 0 saturated heterocycles. The average molecular weight is 452 g/mol. The number of halogens is 1. The number of aromatic nitrogens is 4. The molecule has 0 aliphatic heterocycles. The molecule has 3 rings (SSSR count). The molecule has 0 spiro atoms. The van der Waals surface area contributed by atoms with E-state index >= 15 is 0 Å². The molecule has 2 heterocycles. The van der Waals surface area contributed by atoms with Gasteiger partial charge in [-0.25, -0.2) is 9.18 Å². The SMILES string of the molecule is CC(C)(C)OC(=O)NCCCCCc1nnc2sc(SCc3ccc(F)cc3)nn12. The first-order valence-electron chi connectivity index (χ1n) is 9.85. The van der Waals surface area contributed by atoms with Crippen molar-refractivity contribution < 1.29 is 13.9 Å². The van der Waals surface area contributed by atoms with Crippen LogP contribution in [0.2, 0.25) is 0 Å². The van der Waals surface area contributed by atoms with Crippen molar-refractivity contribution in [2.45, 2.75) is 62.1 Å². The lowest BCUT2D eigenvalue weighted by atomic mass is 10.2. The van der Waals surface area contributed by atoms with Gasteiger partial charge in [0, 0.05) is 18.7 Å². The summed E-state index contributed by atoms with van der Waals surface area (Å²) >= 11 is 3.11. The number of carbonyl (C=O) groups is 1. The molecular formula is C20H26FN5O2S2. The third-order valence-electron chi connectivity index (χ3n) is 4.06. The third-order valence-corrected chi connectivity index (χ3v) is 6.16. The van der Waals surface area contributed by atoms with Crippen LogP contribution in [0.4, 0.5) is 9.18 Å². The molecule has 0 saturated carbocycles. The smallest absolute Gasteiger partial charge is 0.407 e. The first-order chi connectivity index (χ1) is 14.3. The average Bonchev–Trinajstić information content (AvgIpc) is 3.23. The summed E-state index contributed by atoms with van der Waals surface area (Å²) in [5.41, 5.74) is 0.569. The molecule has 10 heteroatoms. The van der Waals surface area contributed by atoms with Crippen LogP contribution < -0.4 is 5.32 Å². The van der Waals surface area contributed by atoms with Crippen molar-refractivity contribution in [2.24, 2.45) is 0 Å². The lowest BCUT2D eigenvalue weighted by molar-refractivity contribution is 0.0527. The van der Waals surface area contributed by atoms with Gasteiger partial charge in [-0.3, -0.25) is 0 Å². The molecule has 30 heavy (non-hydrogen) atoms. The molecule has 2 aromatic heterocycles. The van der Waals surface area contributed by atoms with E-state index in [-0.39, 0.29) is 11.9 Å². The van der Waals surface area contributed by atoms with E-state index in [0.717, 1.165) is 52.1 Å². The molecule has 0 aliphatic carbocycles. The van der Waals surface area contributed by atoms with Crippen molar-refractivity contribution in [2.75, 3.05) is 6.54 Å². The number of fused-ring (bicyclic) bond motifs is 1. The molecule has 0 bridgehead atoms. The summed E-state index contributed by atoms with van der Waals surface area (Å²) in [5.74, 6) is 1.34. The van der Waals surface area contributed by atoms with Crippen molar-refractivity contribution in [1.82, 2.24) is 25.1 Å². The number of ether oxygens (including phenoxy) is 1. The van der Waals surface area contributed by atoms with Gasteiger partial charge >= 0.3 is 6.09 Å². The Morgan fingerprint density at radius 3 is 2.70 bits per heavy atom. The molecule has 0 radical (unpaired) electrons. The van der Waals surface area contributed by atoms with Crippen LogP contribution in [0.5, 0.6) is 0 Å². The van der Waals surface area contributed by atoms with Gasteiger partial charge in [0.2, 0.25) is 4.96 Å². The van der Waals surface area contributed by atoms with Gasteiger partial charge in [0.25, 0.3) is 0 Å². The lowest BCUT2D eigenvalue weighted by Crippen LogP contribution is -2.32. The van der Waals surface area contributed by atoms with Gasteiger partial charge in [-0.05, 0) is 51.3 Å². The highest BCUT2D eigenvalue weighted by atomic mass is 32.2. The summed E-state index contributed by atoms with van der Waals surface area (Å²) < 4.78 is 20.9. The Bertz CT molecular complexity index is 966. The second kappa shape index (κ2) is 10.2. The number of alkyl carbamates (subject to hydrolysis) is 1. The Kier molecular flexibility index (Phi) is 7.65. The van der Waals surface area contributed by atoms with Crippen molar-refractivity contribution >= 4 is 34.2 Å². The number of rotatable bonds is 9. The van der Waals surface area contributed by atoms with Crippen LogP contribution in [0.3, 0.4) is 0 Å². The number of benzene rings is 1. The van der Waals surface area contributed by atoms with E-state index in [0.29, 0.717) is 6.54 Å². The van der Waals surface area contributed by atoms with Gasteiger partial charge in [0.05, 0.1) is 0 Å². The number of nitrogens with zero attached hydrogens (tertiary/aromatic N) is 4. The van der Waals surface area contributed by atoms with Crippen molar-refractivity contribution in [3.63, 3.8) is 0 Å². The van der Waals surface area contributed by atoms with Crippen LogP contribution in [0, 0.1) is 5.82 Å².